The van der Waals surface area contributed by atoms with Gasteiger partial charge in [0.15, 0.2) is 5.82 Å². The Morgan fingerprint density at radius 2 is 2.00 bits per heavy atom. The summed E-state index contributed by atoms with van der Waals surface area (Å²) in [5.41, 5.74) is 6.02. The lowest BCUT2D eigenvalue weighted by atomic mass is 9.98. The molecule has 1 aromatic heterocycles. The number of carbonyl (C=O) groups is 2. The molecule has 1 fully saturated rings. The van der Waals surface area contributed by atoms with Gasteiger partial charge in [0.25, 0.3) is 0 Å². The van der Waals surface area contributed by atoms with Crippen LogP contribution >= 0.6 is 12.4 Å². The third kappa shape index (κ3) is 5.98. The molecule has 0 aromatic carbocycles. The Hall–Kier alpha value is -1.64. The molecule has 2 amide bonds. The second-order valence-corrected chi connectivity index (χ2v) is 6.38. The predicted octanol–water partition coefficient (Wildman–Crippen LogP) is 0.861. The first-order valence-electron chi connectivity index (χ1n) is 8.40. The molecule has 2 heterocycles. The Kier molecular flexibility index (Phi) is 8.34. The molecule has 1 aromatic rings. The van der Waals surface area contributed by atoms with E-state index >= 15 is 0 Å². The van der Waals surface area contributed by atoms with E-state index in [1.807, 2.05) is 18.7 Å². The molecular formula is C16H28ClN5O3. The van der Waals surface area contributed by atoms with Gasteiger partial charge in [0.05, 0.1) is 12.6 Å². The Balaban J connectivity index is 0.00000312. The Labute approximate surface area is 154 Å². The molecule has 0 radical (unpaired) electrons. The van der Waals surface area contributed by atoms with Gasteiger partial charge in [-0.2, -0.15) is 0 Å². The number of aryl methyl sites for hydroxylation is 1. The van der Waals surface area contributed by atoms with Gasteiger partial charge in [-0.15, -0.1) is 12.4 Å². The standard InChI is InChI=1S/C16H27N5O3.ClH/c1-4-11(2)15(17)16(23)21-7-5-20(6-8-21)10-14(22)18-13-9-12(3)24-19-13;/h9,11,15H,4-8,10,17H2,1-3H3,(H,18,19,22);1H. The van der Waals surface area contributed by atoms with E-state index in [2.05, 4.69) is 10.5 Å². The van der Waals surface area contributed by atoms with Crippen LogP contribution in [0.5, 0.6) is 0 Å². The smallest absolute Gasteiger partial charge is 0.239 e. The van der Waals surface area contributed by atoms with Gasteiger partial charge >= 0.3 is 0 Å². The minimum absolute atomic E-state index is 0. The largest absolute Gasteiger partial charge is 0.360 e. The number of hydrogen-bond donors (Lipinski definition) is 2. The van der Waals surface area contributed by atoms with Crippen LogP contribution < -0.4 is 11.1 Å². The van der Waals surface area contributed by atoms with Crippen molar-refractivity contribution in [2.45, 2.75) is 33.2 Å². The fraction of sp³-hybridized carbons (Fsp3) is 0.688. The SMILES string of the molecule is CCC(C)C(N)C(=O)N1CCN(CC(=O)Nc2cc(C)on2)CC1.Cl. The summed E-state index contributed by atoms with van der Waals surface area (Å²) in [7, 11) is 0. The highest BCUT2D eigenvalue weighted by molar-refractivity contribution is 5.91. The maximum Gasteiger partial charge on any atom is 0.239 e. The van der Waals surface area contributed by atoms with Crippen molar-refractivity contribution in [2.24, 2.45) is 11.7 Å². The molecule has 0 saturated carbocycles. The average molecular weight is 374 g/mol. The molecule has 1 saturated heterocycles. The first-order chi connectivity index (χ1) is 11.4. The number of carbonyl (C=O) groups excluding carboxylic acids is 2. The van der Waals surface area contributed by atoms with Crippen LogP contribution in [-0.4, -0.2) is 65.5 Å². The summed E-state index contributed by atoms with van der Waals surface area (Å²) in [6, 6.07) is 1.23. The monoisotopic (exact) mass is 373 g/mol. The van der Waals surface area contributed by atoms with Gasteiger partial charge in [-0.25, -0.2) is 0 Å². The molecule has 142 valence electrons. The molecule has 0 bridgehead atoms. The highest BCUT2D eigenvalue weighted by Gasteiger charge is 2.28. The number of halogens is 1. The van der Waals surface area contributed by atoms with Crippen molar-refractivity contribution in [1.82, 2.24) is 15.0 Å². The number of amides is 2. The first kappa shape index (κ1) is 21.4. The van der Waals surface area contributed by atoms with Crippen LogP contribution in [0.1, 0.15) is 26.0 Å². The summed E-state index contributed by atoms with van der Waals surface area (Å²) in [5.74, 6) is 1.11. The van der Waals surface area contributed by atoms with E-state index in [-0.39, 0.29) is 36.7 Å². The van der Waals surface area contributed by atoms with Crippen LogP contribution in [0.3, 0.4) is 0 Å². The zero-order valence-electron chi connectivity index (χ0n) is 15.0. The maximum atomic E-state index is 12.4. The molecule has 2 rings (SSSR count). The number of rotatable bonds is 6. The Bertz CT molecular complexity index is 572. The van der Waals surface area contributed by atoms with Crippen molar-refractivity contribution < 1.29 is 14.1 Å². The number of nitrogens with zero attached hydrogens (tertiary/aromatic N) is 3. The van der Waals surface area contributed by atoms with Crippen LogP contribution in [-0.2, 0) is 9.59 Å². The number of nitrogens with two attached hydrogens (primary N) is 1. The third-order valence-electron chi connectivity index (χ3n) is 4.49. The van der Waals surface area contributed by atoms with Crippen molar-refractivity contribution in [3.63, 3.8) is 0 Å². The molecule has 3 N–H and O–H groups in total. The fourth-order valence-corrected chi connectivity index (χ4v) is 2.65. The zero-order chi connectivity index (χ0) is 17.7. The minimum atomic E-state index is -0.444. The van der Waals surface area contributed by atoms with E-state index in [0.29, 0.717) is 37.8 Å². The van der Waals surface area contributed by atoms with Crippen LogP contribution in [0.15, 0.2) is 10.6 Å². The lowest BCUT2D eigenvalue weighted by molar-refractivity contribution is -0.135. The normalized spacial score (nSPS) is 17.5. The predicted molar refractivity (Wildman–Crippen MR) is 97.6 cm³/mol. The summed E-state index contributed by atoms with van der Waals surface area (Å²) in [6.45, 7) is 8.57. The number of aromatic nitrogens is 1. The highest BCUT2D eigenvalue weighted by atomic mass is 35.5. The summed E-state index contributed by atoms with van der Waals surface area (Å²) in [4.78, 5) is 28.2. The van der Waals surface area contributed by atoms with E-state index in [0.717, 1.165) is 6.42 Å². The maximum absolute atomic E-state index is 12.4. The molecule has 9 heteroatoms. The molecular weight excluding hydrogens is 346 g/mol. The molecule has 0 aliphatic carbocycles. The van der Waals surface area contributed by atoms with Gasteiger partial charge < -0.3 is 20.5 Å². The van der Waals surface area contributed by atoms with Gasteiger partial charge in [-0.1, -0.05) is 25.4 Å². The summed E-state index contributed by atoms with van der Waals surface area (Å²) < 4.78 is 4.91. The van der Waals surface area contributed by atoms with E-state index in [9.17, 15) is 9.59 Å². The van der Waals surface area contributed by atoms with Crippen molar-refractivity contribution in [2.75, 3.05) is 38.0 Å². The van der Waals surface area contributed by atoms with E-state index in [4.69, 9.17) is 10.3 Å². The van der Waals surface area contributed by atoms with Crippen molar-refractivity contribution >= 4 is 30.0 Å². The van der Waals surface area contributed by atoms with Crippen molar-refractivity contribution in [1.29, 1.82) is 0 Å². The Morgan fingerprint density at radius 1 is 1.36 bits per heavy atom. The summed E-state index contributed by atoms with van der Waals surface area (Å²) in [5, 5.41) is 6.43. The fourth-order valence-electron chi connectivity index (χ4n) is 2.65. The average Bonchev–Trinajstić information content (AvgIpc) is 2.98. The van der Waals surface area contributed by atoms with Crippen LogP contribution in [0.4, 0.5) is 5.82 Å². The molecule has 0 spiro atoms. The lowest BCUT2D eigenvalue weighted by Gasteiger charge is -2.36. The summed E-state index contributed by atoms with van der Waals surface area (Å²) >= 11 is 0. The molecule has 1 aliphatic rings. The highest BCUT2D eigenvalue weighted by Crippen LogP contribution is 2.11. The molecule has 25 heavy (non-hydrogen) atoms. The van der Waals surface area contributed by atoms with Gasteiger partial charge in [-0.3, -0.25) is 14.5 Å². The summed E-state index contributed by atoms with van der Waals surface area (Å²) in [6.07, 6.45) is 0.883. The van der Waals surface area contributed by atoms with Crippen LogP contribution in [0.2, 0.25) is 0 Å². The topological polar surface area (TPSA) is 105 Å². The van der Waals surface area contributed by atoms with Crippen LogP contribution in [0, 0.1) is 12.8 Å². The van der Waals surface area contributed by atoms with Crippen LogP contribution in [0.25, 0.3) is 0 Å². The lowest BCUT2D eigenvalue weighted by Crippen LogP contribution is -2.55. The first-order valence-corrected chi connectivity index (χ1v) is 8.40. The zero-order valence-corrected chi connectivity index (χ0v) is 15.8. The van der Waals surface area contributed by atoms with Gasteiger partial charge in [-0.05, 0) is 12.8 Å². The van der Waals surface area contributed by atoms with Crippen molar-refractivity contribution in [3.05, 3.63) is 11.8 Å². The van der Waals surface area contributed by atoms with E-state index in [1.54, 1.807) is 17.9 Å². The molecule has 8 nitrogen and oxygen atoms in total. The van der Waals surface area contributed by atoms with Gasteiger partial charge in [0, 0.05) is 32.2 Å². The minimum Gasteiger partial charge on any atom is -0.360 e. The van der Waals surface area contributed by atoms with Crippen molar-refractivity contribution in [3.8, 4) is 0 Å². The quantitative estimate of drug-likeness (QED) is 0.766. The number of hydrogen-bond acceptors (Lipinski definition) is 6. The van der Waals surface area contributed by atoms with Gasteiger partial charge in [0.1, 0.15) is 5.76 Å². The second kappa shape index (κ2) is 9.74. The van der Waals surface area contributed by atoms with E-state index in [1.165, 1.54) is 0 Å². The third-order valence-corrected chi connectivity index (χ3v) is 4.49. The number of piperazine rings is 1. The molecule has 2 unspecified atom stereocenters. The number of nitrogens with one attached hydrogen (secondary N) is 1. The second-order valence-electron chi connectivity index (χ2n) is 6.38. The molecule has 2 atom stereocenters. The number of anilines is 1. The van der Waals surface area contributed by atoms with E-state index < -0.39 is 6.04 Å². The Morgan fingerprint density at radius 3 is 2.52 bits per heavy atom. The van der Waals surface area contributed by atoms with Gasteiger partial charge in [0.2, 0.25) is 11.8 Å². The molecule has 1 aliphatic heterocycles.